The first-order chi connectivity index (χ1) is 15.8. The van der Waals surface area contributed by atoms with Crippen molar-refractivity contribution in [3.8, 4) is 17.1 Å². The number of hydrogen-bond donors (Lipinski definition) is 0. The summed E-state index contributed by atoms with van der Waals surface area (Å²) in [4.78, 5) is 16.9. The lowest BCUT2D eigenvalue weighted by molar-refractivity contribution is -0.159. The number of hydrogen-bond acceptors (Lipinski definition) is 7. The fraction of sp³-hybridized carbons (Fsp3) is 0.211. The van der Waals surface area contributed by atoms with Crippen molar-refractivity contribution in [3.05, 3.63) is 60.8 Å². The molecule has 1 fully saturated rings. The third-order valence-electron chi connectivity index (χ3n) is 4.88. The minimum Gasteiger partial charge on any atom is -0.442 e. The fourth-order valence-electron chi connectivity index (χ4n) is 3.37. The summed E-state index contributed by atoms with van der Waals surface area (Å²) in [7, 11) is 0. The van der Waals surface area contributed by atoms with Crippen LogP contribution in [0.15, 0.2) is 53.6 Å². The summed E-state index contributed by atoms with van der Waals surface area (Å²) in [6.07, 6.45) is 0.0775. The lowest BCUT2D eigenvalue weighted by Crippen LogP contribution is -2.26. The number of cyclic esters (lactones) is 1. The Bertz CT molecular complexity index is 1300. The number of carbonyl (C=O) groups is 1. The highest BCUT2D eigenvalue weighted by molar-refractivity contribution is 5.89. The lowest BCUT2D eigenvalue weighted by atomic mass is 10.2. The first-order valence-corrected chi connectivity index (χ1v) is 9.49. The quantitative estimate of drug-likeness (QED) is 0.418. The van der Waals surface area contributed by atoms with Gasteiger partial charge in [-0.3, -0.25) is 4.90 Å². The van der Waals surface area contributed by atoms with Crippen LogP contribution in [0.2, 0.25) is 0 Å². The molecule has 33 heavy (non-hydrogen) atoms. The Morgan fingerprint density at radius 1 is 1.18 bits per heavy atom. The van der Waals surface area contributed by atoms with Gasteiger partial charge in [0, 0.05) is 24.2 Å². The molecular weight excluding hydrogens is 450 g/mol. The van der Waals surface area contributed by atoms with Gasteiger partial charge in [0.1, 0.15) is 11.9 Å². The lowest BCUT2D eigenvalue weighted by Gasteiger charge is -2.14. The van der Waals surface area contributed by atoms with Crippen LogP contribution in [0.3, 0.4) is 0 Å². The predicted octanol–water partition coefficient (Wildman–Crippen LogP) is 3.30. The molecule has 3 aromatic heterocycles. The number of rotatable bonds is 5. The van der Waals surface area contributed by atoms with Crippen molar-refractivity contribution in [3.63, 3.8) is 0 Å². The van der Waals surface area contributed by atoms with Gasteiger partial charge in [0.25, 0.3) is 0 Å². The van der Waals surface area contributed by atoms with Crippen LogP contribution in [-0.2, 0) is 17.5 Å². The molecule has 5 rings (SSSR count). The molecule has 1 atom stereocenters. The van der Waals surface area contributed by atoms with Crippen molar-refractivity contribution < 1.29 is 31.6 Å². The molecule has 1 amide bonds. The maximum absolute atomic E-state index is 14.9. The summed E-state index contributed by atoms with van der Waals surface area (Å²) in [5, 5.41) is 10.8. The zero-order valence-electron chi connectivity index (χ0n) is 16.5. The van der Waals surface area contributed by atoms with E-state index in [0.717, 1.165) is 0 Å². The second-order valence-electron chi connectivity index (χ2n) is 7.11. The maximum atomic E-state index is 14.9. The summed E-state index contributed by atoms with van der Waals surface area (Å²) in [5.41, 5.74) is 0.607. The van der Waals surface area contributed by atoms with Gasteiger partial charge in [-0.05, 0) is 24.3 Å². The highest BCUT2D eigenvalue weighted by Gasteiger charge is 2.38. The molecule has 1 saturated heterocycles. The number of benzene rings is 1. The zero-order chi connectivity index (χ0) is 23.2. The van der Waals surface area contributed by atoms with Crippen LogP contribution in [0.1, 0.15) is 5.89 Å². The molecule has 14 heteroatoms. The Labute approximate surface area is 182 Å². The van der Waals surface area contributed by atoms with E-state index in [9.17, 15) is 22.4 Å². The zero-order valence-corrected chi connectivity index (χ0v) is 16.5. The van der Waals surface area contributed by atoms with Gasteiger partial charge < -0.3 is 13.8 Å². The third kappa shape index (κ3) is 4.02. The van der Waals surface area contributed by atoms with Crippen LogP contribution in [0.25, 0.3) is 17.1 Å². The Morgan fingerprint density at radius 2 is 2.03 bits per heavy atom. The molecule has 0 aliphatic carbocycles. The number of halogens is 4. The van der Waals surface area contributed by atoms with Crippen molar-refractivity contribution >= 4 is 11.8 Å². The largest absolute Gasteiger partial charge is 0.471 e. The number of alkyl halides is 3. The van der Waals surface area contributed by atoms with Crippen LogP contribution in [0, 0.1) is 5.82 Å². The molecule has 0 saturated carbocycles. The molecule has 0 spiro atoms. The molecule has 0 N–H and O–H groups in total. The molecule has 0 radical (unpaired) electrons. The summed E-state index contributed by atoms with van der Waals surface area (Å²) >= 11 is 0. The minimum atomic E-state index is -4.76. The fourth-order valence-corrected chi connectivity index (χ4v) is 3.37. The van der Waals surface area contributed by atoms with Crippen molar-refractivity contribution in [1.82, 2.24) is 29.7 Å². The van der Waals surface area contributed by atoms with E-state index in [0.29, 0.717) is 12.2 Å². The van der Waals surface area contributed by atoms with E-state index < -0.39 is 30.1 Å². The van der Waals surface area contributed by atoms with Crippen LogP contribution in [-0.4, -0.2) is 48.4 Å². The number of aromatic nitrogens is 6. The Kier molecular flexibility index (Phi) is 4.83. The van der Waals surface area contributed by atoms with Gasteiger partial charge in [0.05, 0.1) is 30.7 Å². The van der Waals surface area contributed by atoms with Gasteiger partial charge in [-0.1, -0.05) is 10.4 Å². The van der Waals surface area contributed by atoms with Gasteiger partial charge in [-0.2, -0.15) is 18.2 Å². The molecule has 1 aromatic carbocycles. The van der Waals surface area contributed by atoms with Crippen LogP contribution in [0.4, 0.5) is 28.0 Å². The Hall–Kier alpha value is -4.23. The van der Waals surface area contributed by atoms with Gasteiger partial charge in [0.15, 0.2) is 0 Å². The number of amides is 1. The molecule has 170 valence electrons. The van der Waals surface area contributed by atoms with E-state index in [2.05, 4.69) is 25.0 Å². The Morgan fingerprint density at radius 3 is 2.73 bits per heavy atom. The first kappa shape index (κ1) is 20.7. The van der Waals surface area contributed by atoms with Crippen molar-refractivity contribution in [2.24, 2.45) is 0 Å². The number of carbonyl (C=O) groups excluding carboxylic acids is 1. The van der Waals surface area contributed by atoms with Crippen molar-refractivity contribution in [2.75, 3.05) is 11.4 Å². The van der Waals surface area contributed by atoms with Crippen molar-refractivity contribution in [1.29, 1.82) is 0 Å². The number of ether oxygens (including phenoxy) is 1. The minimum absolute atomic E-state index is 0.108. The standard InChI is InChI=1S/C19H13F4N7O3/c20-14-7-12(30-10-13(32-18(30)31)9-29-6-4-24-27-29)1-2-15(14)28-5-3-11(8-28)16-25-17(33-26-16)19(21,22)23/h1-8,13H,9-10H2/t13-/m0/s1. The highest BCUT2D eigenvalue weighted by atomic mass is 19.4. The summed E-state index contributed by atoms with van der Waals surface area (Å²) in [5.74, 6) is -2.41. The smallest absolute Gasteiger partial charge is 0.442 e. The monoisotopic (exact) mass is 463 g/mol. The van der Waals surface area contributed by atoms with Crippen molar-refractivity contribution in [2.45, 2.75) is 18.8 Å². The second kappa shape index (κ2) is 7.72. The first-order valence-electron chi connectivity index (χ1n) is 9.49. The maximum Gasteiger partial charge on any atom is 0.471 e. The average molecular weight is 463 g/mol. The van der Waals surface area contributed by atoms with Gasteiger partial charge in [0.2, 0.25) is 5.82 Å². The molecular formula is C19H13F4N7O3. The second-order valence-corrected chi connectivity index (χ2v) is 7.11. The SMILES string of the molecule is O=C1O[C@@H](Cn2ccnn2)CN1c1ccc(-n2ccc(-c3noc(C(F)(F)F)n3)c2)c(F)c1. The van der Waals surface area contributed by atoms with Gasteiger partial charge >= 0.3 is 18.2 Å². The van der Waals surface area contributed by atoms with E-state index in [4.69, 9.17) is 4.74 Å². The normalized spacial score (nSPS) is 16.4. The van der Waals surface area contributed by atoms with E-state index in [-0.39, 0.29) is 23.6 Å². The number of nitrogens with zero attached hydrogens (tertiary/aromatic N) is 7. The molecule has 0 unspecified atom stereocenters. The van der Waals surface area contributed by atoms with Crippen LogP contribution < -0.4 is 4.90 Å². The van der Waals surface area contributed by atoms with Gasteiger partial charge in [-0.15, -0.1) is 5.10 Å². The van der Waals surface area contributed by atoms with E-state index in [1.165, 1.54) is 57.0 Å². The molecule has 0 bridgehead atoms. The molecule has 1 aliphatic rings. The van der Waals surface area contributed by atoms with Gasteiger partial charge in [-0.25, -0.2) is 13.9 Å². The third-order valence-corrected chi connectivity index (χ3v) is 4.88. The van der Waals surface area contributed by atoms with E-state index in [1.807, 2.05) is 0 Å². The molecule has 4 aromatic rings. The Balaban J connectivity index is 1.33. The van der Waals surface area contributed by atoms with E-state index in [1.54, 1.807) is 6.20 Å². The number of anilines is 1. The highest BCUT2D eigenvalue weighted by Crippen LogP contribution is 2.30. The molecule has 4 heterocycles. The molecule has 1 aliphatic heterocycles. The average Bonchev–Trinajstić information content (AvgIpc) is 3.55. The van der Waals surface area contributed by atoms with Crippen LogP contribution >= 0.6 is 0 Å². The summed E-state index contributed by atoms with van der Waals surface area (Å²) < 4.78 is 65.2. The topological polar surface area (TPSA) is 104 Å². The predicted molar refractivity (Wildman–Crippen MR) is 102 cm³/mol. The summed E-state index contributed by atoms with van der Waals surface area (Å²) in [6.45, 7) is 0.506. The summed E-state index contributed by atoms with van der Waals surface area (Å²) in [6, 6.07) is 5.56. The molecule has 10 nitrogen and oxygen atoms in total. The van der Waals surface area contributed by atoms with E-state index >= 15 is 0 Å². The van der Waals surface area contributed by atoms with Crippen LogP contribution in [0.5, 0.6) is 0 Å².